The molecule has 2 aromatic carbocycles. The Balaban J connectivity index is 1.71. The number of hydrogen-bond acceptors (Lipinski definition) is 2. The molecule has 3 rings (SSSR count). The van der Waals surface area contributed by atoms with Crippen LogP contribution in [0.4, 0.5) is 35.1 Å². The van der Waals surface area contributed by atoms with Crippen LogP contribution in [0.1, 0.15) is 44.1 Å². The number of alkyl halides is 6. The molecule has 34 heavy (non-hydrogen) atoms. The minimum absolute atomic E-state index is 0.0368. The highest BCUT2D eigenvalue weighted by atomic mass is 19.4. The smallest absolute Gasteiger partial charge is 0.424 e. The van der Waals surface area contributed by atoms with Crippen LogP contribution in [0.15, 0.2) is 36.4 Å². The first-order chi connectivity index (χ1) is 15.9. The molecule has 0 N–H and O–H groups in total. The van der Waals surface area contributed by atoms with Gasteiger partial charge in [-0.2, -0.15) is 22.0 Å². The van der Waals surface area contributed by atoms with E-state index in [1.165, 1.54) is 0 Å². The molecule has 0 radical (unpaired) electrons. The van der Waals surface area contributed by atoms with E-state index in [1.807, 2.05) is 19.1 Å². The zero-order valence-electron chi connectivity index (χ0n) is 18.3. The van der Waals surface area contributed by atoms with Crippen molar-refractivity contribution in [3.8, 4) is 16.9 Å². The monoisotopic (exact) mass is 496 g/mol. The SMILES string of the molecule is CCOCC1CCC(c2ccc(-c3cc(F)c(OC(F)(F)C(F)C(F)(F)F)c(F)c3)cc2)CC1. The molecule has 2 nitrogen and oxygen atoms in total. The van der Waals surface area contributed by atoms with Crippen LogP contribution < -0.4 is 4.74 Å². The summed E-state index contributed by atoms with van der Waals surface area (Å²) in [6, 6.07) is 8.15. The Morgan fingerprint density at radius 1 is 0.882 bits per heavy atom. The Kier molecular flexibility index (Phi) is 8.10. The first-order valence-electron chi connectivity index (χ1n) is 10.9. The molecule has 1 atom stereocenters. The van der Waals surface area contributed by atoms with Crippen LogP contribution in [0.5, 0.6) is 5.75 Å². The van der Waals surface area contributed by atoms with Crippen LogP contribution in [-0.2, 0) is 4.74 Å². The van der Waals surface area contributed by atoms with Gasteiger partial charge in [-0.3, -0.25) is 0 Å². The lowest BCUT2D eigenvalue weighted by Gasteiger charge is -2.28. The van der Waals surface area contributed by atoms with Crippen LogP contribution in [0.3, 0.4) is 0 Å². The van der Waals surface area contributed by atoms with Crippen LogP contribution in [0.25, 0.3) is 11.1 Å². The highest BCUT2D eigenvalue weighted by molar-refractivity contribution is 5.65. The molecule has 10 heteroatoms. The Labute approximate surface area is 191 Å². The molecule has 0 spiro atoms. The van der Waals surface area contributed by atoms with Crippen molar-refractivity contribution in [2.45, 2.75) is 57.0 Å². The van der Waals surface area contributed by atoms with Gasteiger partial charge >= 0.3 is 12.3 Å². The predicted molar refractivity (Wildman–Crippen MR) is 110 cm³/mol. The molecule has 1 saturated carbocycles. The lowest BCUT2D eigenvalue weighted by atomic mass is 9.79. The van der Waals surface area contributed by atoms with Crippen molar-refractivity contribution in [1.82, 2.24) is 0 Å². The maximum absolute atomic E-state index is 14.3. The normalized spacial score (nSPS) is 20.3. The molecule has 0 saturated heterocycles. The van der Waals surface area contributed by atoms with Gasteiger partial charge in [-0.1, -0.05) is 24.3 Å². The molecular formula is C24H24F8O2. The van der Waals surface area contributed by atoms with E-state index in [0.29, 0.717) is 36.1 Å². The van der Waals surface area contributed by atoms with E-state index in [9.17, 15) is 35.1 Å². The largest absolute Gasteiger partial charge is 0.439 e. The minimum Gasteiger partial charge on any atom is -0.424 e. The molecule has 1 fully saturated rings. The van der Waals surface area contributed by atoms with Crippen molar-refractivity contribution in [3.05, 3.63) is 53.6 Å². The lowest BCUT2D eigenvalue weighted by Crippen LogP contribution is -2.46. The van der Waals surface area contributed by atoms with Gasteiger partial charge in [0.25, 0.3) is 6.17 Å². The summed E-state index contributed by atoms with van der Waals surface area (Å²) in [5.41, 5.74) is 1.38. The molecule has 0 amide bonds. The number of hydrogen-bond donors (Lipinski definition) is 0. The molecule has 0 aromatic heterocycles. The van der Waals surface area contributed by atoms with E-state index < -0.39 is 35.8 Å². The number of ether oxygens (including phenoxy) is 2. The predicted octanol–water partition coefficient (Wildman–Crippen LogP) is 7.81. The Morgan fingerprint density at radius 3 is 1.94 bits per heavy atom. The fraction of sp³-hybridized carbons (Fsp3) is 0.500. The fourth-order valence-electron chi connectivity index (χ4n) is 4.10. The second-order valence-electron chi connectivity index (χ2n) is 8.34. The third-order valence-electron chi connectivity index (χ3n) is 5.94. The highest BCUT2D eigenvalue weighted by Crippen LogP contribution is 2.40. The summed E-state index contributed by atoms with van der Waals surface area (Å²) in [7, 11) is 0. The summed E-state index contributed by atoms with van der Waals surface area (Å²) in [5.74, 6) is -4.29. The topological polar surface area (TPSA) is 18.5 Å². The maximum Gasteiger partial charge on any atom is 0.439 e. The molecule has 0 heterocycles. The van der Waals surface area contributed by atoms with Crippen LogP contribution in [0.2, 0.25) is 0 Å². The first kappa shape index (κ1) is 26.2. The molecule has 2 aromatic rings. The molecule has 188 valence electrons. The van der Waals surface area contributed by atoms with Gasteiger partial charge in [0, 0.05) is 13.2 Å². The van der Waals surface area contributed by atoms with Gasteiger partial charge in [0.05, 0.1) is 0 Å². The van der Waals surface area contributed by atoms with Crippen molar-refractivity contribution >= 4 is 0 Å². The van der Waals surface area contributed by atoms with E-state index >= 15 is 0 Å². The molecule has 1 aliphatic carbocycles. The van der Waals surface area contributed by atoms with Gasteiger partial charge in [0.1, 0.15) is 0 Å². The number of halogens is 8. The summed E-state index contributed by atoms with van der Waals surface area (Å²) in [4.78, 5) is 0. The summed E-state index contributed by atoms with van der Waals surface area (Å²) < 4.78 is 114. The summed E-state index contributed by atoms with van der Waals surface area (Å²) in [6.45, 7) is 3.38. The summed E-state index contributed by atoms with van der Waals surface area (Å²) in [5, 5.41) is 0. The second-order valence-corrected chi connectivity index (χ2v) is 8.34. The van der Waals surface area contributed by atoms with Crippen molar-refractivity contribution in [3.63, 3.8) is 0 Å². The van der Waals surface area contributed by atoms with E-state index in [-0.39, 0.29) is 5.56 Å². The van der Waals surface area contributed by atoms with Gasteiger partial charge in [0.15, 0.2) is 17.4 Å². The number of benzene rings is 2. The van der Waals surface area contributed by atoms with Crippen LogP contribution in [0, 0.1) is 17.6 Å². The molecule has 1 unspecified atom stereocenters. The number of rotatable bonds is 8. The molecule has 0 bridgehead atoms. The standard InChI is InChI=1S/C24H24F8O2/c1-2-33-13-14-3-5-15(6-4-14)16-7-9-17(10-8-16)18-11-19(25)21(20(26)12-18)34-24(31,32)22(27)23(28,29)30/h7-12,14-15,22H,2-6,13H2,1H3. The van der Waals surface area contributed by atoms with Gasteiger partial charge in [-0.15, -0.1) is 0 Å². The Bertz CT molecular complexity index is 927. The fourth-order valence-corrected chi connectivity index (χ4v) is 4.10. The highest BCUT2D eigenvalue weighted by Gasteiger charge is 2.59. The van der Waals surface area contributed by atoms with Gasteiger partial charge in [-0.05, 0) is 73.3 Å². The van der Waals surface area contributed by atoms with Crippen molar-refractivity contribution < 1.29 is 44.6 Å². The van der Waals surface area contributed by atoms with Crippen LogP contribution >= 0.6 is 0 Å². The van der Waals surface area contributed by atoms with Gasteiger partial charge in [0.2, 0.25) is 0 Å². The van der Waals surface area contributed by atoms with E-state index in [0.717, 1.165) is 37.9 Å². The first-order valence-corrected chi connectivity index (χ1v) is 10.9. The zero-order valence-corrected chi connectivity index (χ0v) is 18.3. The second kappa shape index (κ2) is 10.5. The van der Waals surface area contributed by atoms with Crippen molar-refractivity contribution in [2.75, 3.05) is 13.2 Å². The maximum atomic E-state index is 14.3. The van der Waals surface area contributed by atoms with Crippen molar-refractivity contribution in [1.29, 1.82) is 0 Å². The summed E-state index contributed by atoms with van der Waals surface area (Å²) in [6.07, 6.45) is -12.2. The third kappa shape index (κ3) is 6.20. The quantitative estimate of drug-likeness (QED) is 0.347. The van der Waals surface area contributed by atoms with E-state index in [1.54, 1.807) is 12.1 Å². The Hall–Kier alpha value is -2.36. The summed E-state index contributed by atoms with van der Waals surface area (Å²) >= 11 is 0. The molecular weight excluding hydrogens is 472 g/mol. The minimum atomic E-state index is -5.97. The van der Waals surface area contributed by atoms with Crippen LogP contribution in [-0.4, -0.2) is 31.7 Å². The molecule has 0 aliphatic heterocycles. The van der Waals surface area contributed by atoms with Crippen molar-refractivity contribution in [2.24, 2.45) is 5.92 Å². The average molecular weight is 496 g/mol. The van der Waals surface area contributed by atoms with Gasteiger partial charge < -0.3 is 9.47 Å². The van der Waals surface area contributed by atoms with E-state index in [4.69, 9.17) is 4.74 Å². The zero-order chi connectivity index (χ0) is 25.1. The third-order valence-corrected chi connectivity index (χ3v) is 5.94. The Morgan fingerprint density at radius 2 is 1.44 bits per heavy atom. The van der Waals surface area contributed by atoms with E-state index in [2.05, 4.69) is 4.74 Å². The lowest BCUT2D eigenvalue weighted by molar-refractivity contribution is -0.306. The average Bonchev–Trinajstić information content (AvgIpc) is 2.79. The molecule has 1 aliphatic rings. The van der Waals surface area contributed by atoms with Gasteiger partial charge in [-0.25, -0.2) is 13.2 Å².